The zero-order valence-corrected chi connectivity index (χ0v) is 11.7. The van der Waals surface area contributed by atoms with Crippen molar-refractivity contribution >= 4 is 39.8 Å². The van der Waals surface area contributed by atoms with Crippen LogP contribution in [0.4, 0.5) is 0 Å². The molecule has 5 heteroatoms. The van der Waals surface area contributed by atoms with E-state index >= 15 is 0 Å². The fraction of sp³-hybridized carbons (Fsp3) is 0. The highest BCUT2D eigenvalue weighted by Gasteiger charge is 2.12. The van der Waals surface area contributed by atoms with Crippen molar-refractivity contribution in [1.82, 2.24) is 9.38 Å². The summed E-state index contributed by atoms with van der Waals surface area (Å²) in [4.78, 5) is 4.50. The minimum absolute atomic E-state index is 0.514. The number of rotatable bonds is 1. The quantitative estimate of drug-likeness (QED) is 0.492. The largest absolute Gasteiger partial charge is 0.454 e. The predicted octanol–water partition coefficient (Wildman–Crippen LogP) is 5.05. The highest BCUT2D eigenvalue weighted by molar-refractivity contribution is 6.36. The Morgan fingerprint density at radius 3 is 2.75 bits per heavy atom. The van der Waals surface area contributed by atoms with E-state index in [1.54, 1.807) is 16.7 Å². The molecule has 0 aliphatic carbocycles. The fourth-order valence-corrected chi connectivity index (χ4v) is 2.78. The van der Waals surface area contributed by atoms with E-state index in [0.29, 0.717) is 21.5 Å². The zero-order valence-electron chi connectivity index (χ0n) is 10.2. The van der Waals surface area contributed by atoms with Gasteiger partial charge in [0.1, 0.15) is 11.3 Å². The molecule has 0 unspecified atom stereocenters. The van der Waals surface area contributed by atoms with Crippen molar-refractivity contribution < 1.29 is 4.42 Å². The summed E-state index contributed by atoms with van der Waals surface area (Å²) in [6.45, 7) is 0. The Morgan fingerprint density at radius 1 is 1.05 bits per heavy atom. The summed E-state index contributed by atoms with van der Waals surface area (Å²) in [6, 6.07) is 11.5. The molecule has 20 heavy (non-hydrogen) atoms. The second-order valence-electron chi connectivity index (χ2n) is 4.51. The van der Waals surface area contributed by atoms with Crippen LogP contribution < -0.4 is 0 Å². The molecule has 0 radical (unpaired) electrons. The maximum Gasteiger partial charge on any atom is 0.156 e. The van der Waals surface area contributed by atoms with E-state index in [1.165, 1.54) is 0 Å². The SMILES string of the molecule is Clc1cc(Cl)c2nc(-c3cc4ccccc4o3)cn2c1. The van der Waals surface area contributed by atoms with Crippen molar-refractivity contribution in [3.8, 4) is 11.5 Å². The van der Waals surface area contributed by atoms with Gasteiger partial charge in [0.2, 0.25) is 0 Å². The van der Waals surface area contributed by atoms with Crippen LogP contribution in [0.3, 0.4) is 0 Å². The lowest BCUT2D eigenvalue weighted by molar-refractivity contribution is 0.629. The average Bonchev–Trinajstić information content (AvgIpc) is 3.01. The van der Waals surface area contributed by atoms with Crippen LogP contribution in [0.15, 0.2) is 53.2 Å². The fourth-order valence-electron chi connectivity index (χ4n) is 2.25. The average molecular weight is 303 g/mol. The van der Waals surface area contributed by atoms with Crippen LogP contribution >= 0.6 is 23.2 Å². The molecular formula is C15H8Cl2N2O. The molecule has 4 rings (SSSR count). The number of benzene rings is 1. The Balaban J connectivity index is 1.95. The van der Waals surface area contributed by atoms with Gasteiger partial charge < -0.3 is 8.82 Å². The van der Waals surface area contributed by atoms with Crippen molar-refractivity contribution in [2.24, 2.45) is 0 Å². The molecule has 0 aliphatic heterocycles. The topological polar surface area (TPSA) is 30.4 Å². The molecule has 0 atom stereocenters. The predicted molar refractivity (Wildman–Crippen MR) is 80.4 cm³/mol. The van der Waals surface area contributed by atoms with E-state index < -0.39 is 0 Å². The van der Waals surface area contributed by atoms with Gasteiger partial charge in [-0.25, -0.2) is 4.98 Å². The first kappa shape index (κ1) is 11.8. The molecule has 4 aromatic rings. The highest BCUT2D eigenvalue weighted by Crippen LogP contribution is 2.29. The Labute approximate surface area is 124 Å². The van der Waals surface area contributed by atoms with Gasteiger partial charge in [0.25, 0.3) is 0 Å². The van der Waals surface area contributed by atoms with E-state index in [2.05, 4.69) is 4.98 Å². The van der Waals surface area contributed by atoms with Gasteiger partial charge in [-0.3, -0.25) is 0 Å². The summed E-state index contributed by atoms with van der Waals surface area (Å²) in [5, 5.41) is 2.12. The van der Waals surface area contributed by atoms with Crippen LogP contribution in [0.5, 0.6) is 0 Å². The first-order valence-electron chi connectivity index (χ1n) is 6.03. The van der Waals surface area contributed by atoms with Gasteiger partial charge in [-0.2, -0.15) is 0 Å². The van der Waals surface area contributed by atoms with Gasteiger partial charge in [-0.05, 0) is 18.2 Å². The minimum atomic E-state index is 0.514. The van der Waals surface area contributed by atoms with Gasteiger partial charge >= 0.3 is 0 Å². The molecule has 0 saturated carbocycles. The first-order chi connectivity index (χ1) is 9.70. The van der Waals surface area contributed by atoms with Crippen LogP contribution in [0, 0.1) is 0 Å². The standard InChI is InChI=1S/C15H8Cl2N2O/c16-10-6-11(17)15-18-12(8-19(15)7-10)14-5-9-3-1-2-4-13(9)20-14/h1-8H. The second-order valence-corrected chi connectivity index (χ2v) is 5.36. The van der Waals surface area contributed by atoms with E-state index in [9.17, 15) is 0 Å². The third-order valence-corrected chi connectivity index (χ3v) is 3.64. The van der Waals surface area contributed by atoms with Crippen molar-refractivity contribution in [1.29, 1.82) is 0 Å². The lowest BCUT2D eigenvalue weighted by atomic mass is 10.2. The zero-order chi connectivity index (χ0) is 13.7. The van der Waals surface area contributed by atoms with Crippen LogP contribution in [0.25, 0.3) is 28.1 Å². The van der Waals surface area contributed by atoms with E-state index in [-0.39, 0.29) is 0 Å². The molecule has 3 heterocycles. The molecule has 1 aromatic carbocycles. The number of furan rings is 1. The van der Waals surface area contributed by atoms with Crippen molar-refractivity contribution in [3.63, 3.8) is 0 Å². The lowest BCUT2D eigenvalue weighted by Crippen LogP contribution is -1.82. The molecule has 0 spiro atoms. The Morgan fingerprint density at radius 2 is 1.90 bits per heavy atom. The first-order valence-corrected chi connectivity index (χ1v) is 6.79. The smallest absolute Gasteiger partial charge is 0.156 e. The molecule has 0 N–H and O–H groups in total. The van der Waals surface area contributed by atoms with Gasteiger partial charge in [0.05, 0.1) is 10.0 Å². The molecular weight excluding hydrogens is 295 g/mol. The number of aromatic nitrogens is 2. The summed E-state index contributed by atoms with van der Waals surface area (Å²) < 4.78 is 7.60. The van der Waals surface area contributed by atoms with Crippen LogP contribution in [-0.4, -0.2) is 9.38 Å². The molecule has 0 fully saturated rings. The van der Waals surface area contributed by atoms with E-state index in [0.717, 1.165) is 16.7 Å². The number of pyridine rings is 1. The lowest BCUT2D eigenvalue weighted by Gasteiger charge is -1.95. The molecule has 0 bridgehead atoms. The summed E-state index contributed by atoms with van der Waals surface area (Å²) in [6.07, 6.45) is 3.62. The molecule has 0 aliphatic rings. The number of para-hydroxylation sites is 1. The van der Waals surface area contributed by atoms with Gasteiger partial charge in [0, 0.05) is 17.8 Å². The maximum atomic E-state index is 6.14. The van der Waals surface area contributed by atoms with Crippen molar-refractivity contribution in [2.45, 2.75) is 0 Å². The maximum absolute atomic E-state index is 6.14. The van der Waals surface area contributed by atoms with E-state index in [4.69, 9.17) is 27.6 Å². The number of imidazole rings is 1. The third kappa shape index (κ3) is 1.79. The molecule has 0 amide bonds. The molecule has 3 nitrogen and oxygen atoms in total. The van der Waals surface area contributed by atoms with Crippen molar-refractivity contribution in [2.75, 3.05) is 0 Å². The number of nitrogens with zero attached hydrogens (tertiary/aromatic N) is 2. The van der Waals surface area contributed by atoms with E-state index in [1.807, 2.05) is 36.5 Å². The van der Waals surface area contributed by atoms with Crippen LogP contribution in [-0.2, 0) is 0 Å². The molecule has 98 valence electrons. The normalized spacial score (nSPS) is 11.5. The van der Waals surface area contributed by atoms with Gasteiger partial charge in [-0.15, -0.1) is 0 Å². The second kappa shape index (κ2) is 4.27. The number of halogens is 2. The monoisotopic (exact) mass is 302 g/mol. The highest BCUT2D eigenvalue weighted by atomic mass is 35.5. The van der Waals surface area contributed by atoms with Crippen LogP contribution in [0.2, 0.25) is 10.0 Å². The summed E-state index contributed by atoms with van der Waals surface area (Å²) in [5.74, 6) is 0.710. The number of fused-ring (bicyclic) bond motifs is 2. The number of hydrogen-bond acceptors (Lipinski definition) is 2. The number of hydrogen-bond donors (Lipinski definition) is 0. The van der Waals surface area contributed by atoms with Gasteiger partial charge in [0.15, 0.2) is 11.4 Å². The Hall–Kier alpha value is -1.97. The molecule has 3 aromatic heterocycles. The Kier molecular flexibility index (Phi) is 2.52. The van der Waals surface area contributed by atoms with Gasteiger partial charge in [-0.1, -0.05) is 41.4 Å². The third-order valence-electron chi connectivity index (χ3n) is 3.15. The van der Waals surface area contributed by atoms with Crippen molar-refractivity contribution in [3.05, 3.63) is 58.8 Å². The Bertz CT molecular complexity index is 907. The van der Waals surface area contributed by atoms with Crippen LogP contribution in [0.1, 0.15) is 0 Å². The molecule has 0 saturated heterocycles. The summed E-state index contributed by atoms with van der Waals surface area (Å²) in [5.41, 5.74) is 2.22. The summed E-state index contributed by atoms with van der Waals surface area (Å²) in [7, 11) is 0. The minimum Gasteiger partial charge on any atom is -0.454 e. The summed E-state index contributed by atoms with van der Waals surface area (Å²) >= 11 is 12.1.